The molecule has 6 rings (SSSR count). The van der Waals surface area contributed by atoms with Gasteiger partial charge in [-0.2, -0.15) is 0 Å². The zero-order valence-corrected chi connectivity index (χ0v) is 19.3. The number of rotatable bonds is 2. The second-order valence-electron chi connectivity index (χ2n) is 8.76. The summed E-state index contributed by atoms with van der Waals surface area (Å²) in [5.74, 6) is 0. The molecule has 164 valence electrons. The van der Waals surface area contributed by atoms with Crippen molar-refractivity contribution >= 4 is 33.9 Å². The molecule has 2 aliphatic rings. The van der Waals surface area contributed by atoms with Gasteiger partial charge >= 0.3 is 0 Å². The summed E-state index contributed by atoms with van der Waals surface area (Å²) >= 11 is 0. The molecular formula is C32H26N2. The summed E-state index contributed by atoms with van der Waals surface area (Å²) in [5, 5.41) is 1.24. The van der Waals surface area contributed by atoms with Crippen molar-refractivity contribution < 1.29 is 0 Å². The number of allylic oxidation sites excluding steroid dienone is 6. The van der Waals surface area contributed by atoms with Gasteiger partial charge in [0, 0.05) is 34.3 Å². The summed E-state index contributed by atoms with van der Waals surface area (Å²) in [6.07, 6.45) is 11.5. The van der Waals surface area contributed by atoms with Gasteiger partial charge in [0.1, 0.15) is 0 Å². The Balaban J connectivity index is 1.76. The van der Waals surface area contributed by atoms with E-state index in [1.807, 2.05) is 0 Å². The molecule has 2 heteroatoms. The SMILES string of the molecule is C=C1/C2=C/C=C\C(=C)N(c3ccccc3)c3cccc(c3C2)-n2c1c(/C=C\C)c1ccccc12. The third-order valence-corrected chi connectivity index (χ3v) is 6.78. The maximum Gasteiger partial charge on any atom is 0.0610 e. The highest BCUT2D eigenvalue weighted by Gasteiger charge is 2.29. The summed E-state index contributed by atoms with van der Waals surface area (Å²) < 4.78 is 2.41. The largest absolute Gasteiger partial charge is 0.311 e. The fourth-order valence-electron chi connectivity index (χ4n) is 5.31. The molecule has 0 amide bonds. The van der Waals surface area contributed by atoms with Crippen molar-refractivity contribution in [2.75, 3.05) is 4.90 Å². The first-order valence-corrected chi connectivity index (χ1v) is 11.7. The summed E-state index contributed by atoms with van der Waals surface area (Å²) in [4.78, 5) is 2.26. The molecule has 0 fully saturated rings. The summed E-state index contributed by atoms with van der Waals surface area (Å²) in [6, 6.07) is 25.7. The molecule has 0 saturated carbocycles. The topological polar surface area (TPSA) is 8.17 Å². The molecule has 3 heterocycles. The minimum Gasteiger partial charge on any atom is -0.311 e. The standard InChI is InChI=1S/C32H26N2/c1-4-12-27-26-17-8-9-18-29(26)34-31-20-11-19-30-28(31)21-24(23(3)32(27)34)14-10-13-22(2)33(30)25-15-6-5-7-16-25/h4-20H,2-3,21H2,1H3/b12-4-,13-10-,24-14+. The zero-order chi connectivity index (χ0) is 23.2. The Hall–Kier alpha value is -4.30. The molecule has 2 nitrogen and oxygen atoms in total. The molecule has 0 N–H and O–H groups in total. The average molecular weight is 439 g/mol. The van der Waals surface area contributed by atoms with Gasteiger partial charge in [-0.05, 0) is 54.5 Å². The van der Waals surface area contributed by atoms with Crippen LogP contribution in [0.2, 0.25) is 0 Å². The van der Waals surface area contributed by atoms with Crippen molar-refractivity contribution in [3.05, 3.63) is 138 Å². The van der Waals surface area contributed by atoms with Gasteiger partial charge in [-0.25, -0.2) is 0 Å². The van der Waals surface area contributed by atoms with Gasteiger partial charge in [0.05, 0.1) is 22.6 Å². The Bertz CT molecular complexity index is 1560. The summed E-state index contributed by atoms with van der Waals surface area (Å²) in [6.45, 7) is 11.1. The molecule has 0 spiro atoms. The summed E-state index contributed by atoms with van der Waals surface area (Å²) in [7, 11) is 0. The molecule has 0 radical (unpaired) electrons. The molecule has 3 aromatic carbocycles. The van der Waals surface area contributed by atoms with E-state index in [1.165, 1.54) is 39.0 Å². The van der Waals surface area contributed by atoms with Crippen LogP contribution in [0.15, 0.2) is 122 Å². The highest BCUT2D eigenvalue weighted by Crippen LogP contribution is 2.45. The van der Waals surface area contributed by atoms with Crippen LogP contribution in [0, 0.1) is 0 Å². The van der Waals surface area contributed by atoms with E-state index >= 15 is 0 Å². The Morgan fingerprint density at radius 1 is 0.853 bits per heavy atom. The quantitative estimate of drug-likeness (QED) is 0.305. The molecule has 2 aliphatic heterocycles. The smallest absolute Gasteiger partial charge is 0.0610 e. The highest BCUT2D eigenvalue weighted by molar-refractivity contribution is 6.00. The number of hydrogen-bond acceptors (Lipinski definition) is 1. The fraction of sp³-hybridized carbons (Fsp3) is 0.0625. The summed E-state index contributed by atoms with van der Waals surface area (Å²) in [5.41, 5.74) is 11.5. The third kappa shape index (κ3) is 2.96. The van der Waals surface area contributed by atoms with E-state index in [-0.39, 0.29) is 0 Å². The van der Waals surface area contributed by atoms with E-state index in [0.717, 1.165) is 29.1 Å². The average Bonchev–Trinajstić information content (AvgIpc) is 3.15. The molecule has 34 heavy (non-hydrogen) atoms. The van der Waals surface area contributed by atoms with Crippen LogP contribution in [0.1, 0.15) is 23.7 Å². The number of para-hydroxylation sites is 2. The zero-order valence-electron chi connectivity index (χ0n) is 19.3. The molecule has 0 saturated heterocycles. The van der Waals surface area contributed by atoms with Crippen LogP contribution >= 0.6 is 0 Å². The number of fused-ring (bicyclic) bond motifs is 5. The lowest BCUT2D eigenvalue weighted by atomic mass is 9.94. The maximum absolute atomic E-state index is 4.62. The van der Waals surface area contributed by atoms with Crippen molar-refractivity contribution in [1.82, 2.24) is 4.57 Å². The van der Waals surface area contributed by atoms with Gasteiger partial charge in [0.15, 0.2) is 0 Å². The van der Waals surface area contributed by atoms with E-state index < -0.39 is 0 Å². The van der Waals surface area contributed by atoms with E-state index in [2.05, 4.69) is 133 Å². The minimum atomic E-state index is 0.802. The number of nitrogens with zero attached hydrogens (tertiary/aromatic N) is 2. The second kappa shape index (κ2) is 7.93. The van der Waals surface area contributed by atoms with Crippen LogP contribution in [0.3, 0.4) is 0 Å². The number of benzene rings is 3. The van der Waals surface area contributed by atoms with Gasteiger partial charge in [0.25, 0.3) is 0 Å². The molecule has 0 aliphatic carbocycles. The lowest BCUT2D eigenvalue weighted by molar-refractivity contribution is 1.07. The van der Waals surface area contributed by atoms with Gasteiger partial charge in [-0.1, -0.05) is 79.9 Å². The molecule has 0 atom stereocenters. The third-order valence-electron chi connectivity index (χ3n) is 6.78. The van der Waals surface area contributed by atoms with Crippen LogP contribution in [0.25, 0.3) is 28.2 Å². The number of aromatic nitrogens is 1. The normalized spacial score (nSPS) is 17.6. The Morgan fingerprint density at radius 3 is 2.44 bits per heavy atom. The lowest BCUT2D eigenvalue weighted by Gasteiger charge is -2.28. The van der Waals surface area contributed by atoms with Crippen LogP contribution in [-0.2, 0) is 6.42 Å². The van der Waals surface area contributed by atoms with Crippen LogP contribution in [-0.4, -0.2) is 4.57 Å². The maximum atomic E-state index is 4.62. The molecule has 0 unspecified atom stereocenters. The van der Waals surface area contributed by atoms with Crippen molar-refractivity contribution in [2.24, 2.45) is 0 Å². The predicted molar refractivity (Wildman–Crippen MR) is 146 cm³/mol. The molecule has 2 bridgehead atoms. The Labute approximate surface area is 200 Å². The van der Waals surface area contributed by atoms with Gasteiger partial charge in [0.2, 0.25) is 0 Å². The van der Waals surface area contributed by atoms with E-state index in [9.17, 15) is 0 Å². The number of anilines is 2. The molecule has 1 aromatic heterocycles. The van der Waals surface area contributed by atoms with E-state index in [1.54, 1.807) is 0 Å². The van der Waals surface area contributed by atoms with Crippen molar-refractivity contribution in [3.8, 4) is 5.69 Å². The van der Waals surface area contributed by atoms with Crippen LogP contribution < -0.4 is 4.90 Å². The van der Waals surface area contributed by atoms with Gasteiger partial charge in [-0.15, -0.1) is 0 Å². The molecular weight excluding hydrogens is 412 g/mol. The lowest BCUT2D eigenvalue weighted by Crippen LogP contribution is -2.17. The van der Waals surface area contributed by atoms with E-state index in [4.69, 9.17) is 0 Å². The van der Waals surface area contributed by atoms with Crippen LogP contribution in [0.4, 0.5) is 11.4 Å². The van der Waals surface area contributed by atoms with Crippen molar-refractivity contribution in [1.29, 1.82) is 0 Å². The first kappa shape index (κ1) is 20.3. The van der Waals surface area contributed by atoms with Gasteiger partial charge < -0.3 is 9.47 Å². The Morgan fingerprint density at radius 2 is 1.62 bits per heavy atom. The van der Waals surface area contributed by atoms with Crippen molar-refractivity contribution in [3.63, 3.8) is 0 Å². The highest BCUT2D eigenvalue weighted by atomic mass is 15.2. The first-order valence-electron chi connectivity index (χ1n) is 11.7. The number of hydrogen-bond donors (Lipinski definition) is 0. The molecule has 4 aromatic rings. The first-order chi connectivity index (χ1) is 16.7. The fourth-order valence-corrected chi connectivity index (χ4v) is 5.31. The van der Waals surface area contributed by atoms with Crippen LogP contribution in [0.5, 0.6) is 0 Å². The Kier molecular flexibility index (Phi) is 4.74. The van der Waals surface area contributed by atoms with Crippen molar-refractivity contribution in [2.45, 2.75) is 13.3 Å². The van der Waals surface area contributed by atoms with Gasteiger partial charge in [-0.3, -0.25) is 0 Å². The van der Waals surface area contributed by atoms with E-state index in [0.29, 0.717) is 0 Å². The predicted octanol–water partition coefficient (Wildman–Crippen LogP) is 8.38. The minimum absolute atomic E-state index is 0.802. The second-order valence-corrected chi connectivity index (χ2v) is 8.76. The monoisotopic (exact) mass is 438 g/mol.